The largest absolute Gasteiger partial charge is 0.543 e. The van der Waals surface area contributed by atoms with Crippen LogP contribution in [0.4, 0.5) is 0 Å². The van der Waals surface area contributed by atoms with E-state index in [0.29, 0.717) is 35.2 Å². The van der Waals surface area contributed by atoms with Crippen molar-refractivity contribution in [3.8, 4) is 11.1 Å². The lowest BCUT2D eigenvalue weighted by atomic mass is 9.82. The zero-order valence-corrected chi connectivity index (χ0v) is 19.3. The molecule has 3 atom stereocenters. The Morgan fingerprint density at radius 2 is 1.91 bits per heavy atom. The summed E-state index contributed by atoms with van der Waals surface area (Å²) >= 11 is 0. The molecule has 1 fully saturated rings. The number of aliphatic hydroxyl groups is 1. The summed E-state index contributed by atoms with van der Waals surface area (Å²) in [6, 6.07) is 10.7. The molecule has 0 spiro atoms. The number of carbonyl (C=O) groups excluding carboxylic acids is 3. The Balaban J connectivity index is 1.38. The van der Waals surface area contributed by atoms with E-state index in [1.165, 1.54) is 4.90 Å². The molecule has 2 aromatic carbocycles. The van der Waals surface area contributed by atoms with Gasteiger partial charge in [-0.15, -0.1) is 0 Å². The van der Waals surface area contributed by atoms with Crippen LogP contribution in [0.5, 0.6) is 0 Å². The number of aliphatic carboxylic acids is 1. The molecule has 3 aliphatic rings. The van der Waals surface area contributed by atoms with Crippen molar-refractivity contribution >= 4 is 23.2 Å². The number of carboxylic acids is 1. The number of carboxylic acid groups (broad SMARTS) is 1. The molecule has 1 aromatic heterocycles. The normalized spacial score (nSPS) is 21.1. The Kier molecular flexibility index (Phi) is 4.59. The van der Waals surface area contributed by atoms with Gasteiger partial charge in [0.1, 0.15) is 18.9 Å². The average Bonchev–Trinajstić information content (AvgIpc) is 3.46. The number of β-lactam (4-membered cyclic amide) rings is 1. The number of carbonyl (C=O) groups is 3. The molecule has 8 nitrogen and oxygen atoms in total. The summed E-state index contributed by atoms with van der Waals surface area (Å²) in [6.45, 7) is 2.18. The molecule has 6 rings (SSSR count). The van der Waals surface area contributed by atoms with Crippen LogP contribution in [-0.2, 0) is 23.2 Å². The highest BCUT2D eigenvalue weighted by Crippen LogP contribution is 2.48. The van der Waals surface area contributed by atoms with Crippen LogP contribution in [0, 0.1) is 5.92 Å². The highest BCUT2D eigenvalue weighted by atomic mass is 16.4. The van der Waals surface area contributed by atoms with Gasteiger partial charge in [0.15, 0.2) is 5.78 Å². The molecule has 0 saturated carbocycles. The first-order valence-corrected chi connectivity index (χ1v) is 11.5. The first kappa shape index (κ1) is 21.5. The number of benzene rings is 2. The van der Waals surface area contributed by atoms with Crippen molar-refractivity contribution in [1.29, 1.82) is 0 Å². The maximum Gasteiger partial charge on any atom is 0.243 e. The predicted molar refractivity (Wildman–Crippen MR) is 122 cm³/mol. The van der Waals surface area contributed by atoms with Crippen LogP contribution in [0.1, 0.15) is 40.4 Å². The van der Waals surface area contributed by atoms with Crippen LogP contribution in [0.2, 0.25) is 0 Å². The van der Waals surface area contributed by atoms with Crippen LogP contribution in [0.15, 0.2) is 60.8 Å². The second-order valence-corrected chi connectivity index (χ2v) is 9.58. The monoisotopic (exact) mass is 469 g/mol. The number of nitrogens with zero attached hydrogens (tertiary/aromatic N) is 3. The number of amides is 1. The fraction of sp³-hybridized carbons (Fsp3) is 0.259. The molecule has 35 heavy (non-hydrogen) atoms. The third-order valence-electron chi connectivity index (χ3n) is 7.34. The second-order valence-electron chi connectivity index (χ2n) is 9.58. The minimum atomic E-state index is -1.42. The van der Waals surface area contributed by atoms with Gasteiger partial charge >= 0.3 is 0 Å². The zero-order chi connectivity index (χ0) is 24.6. The summed E-state index contributed by atoms with van der Waals surface area (Å²) in [5, 5.41) is 22.0. The van der Waals surface area contributed by atoms with E-state index in [1.807, 2.05) is 59.2 Å². The van der Waals surface area contributed by atoms with Gasteiger partial charge in [0.25, 0.3) is 0 Å². The number of hydrogen-bond donors (Lipinski definition) is 1. The quantitative estimate of drug-likeness (QED) is 0.341. The van der Waals surface area contributed by atoms with Crippen molar-refractivity contribution in [2.45, 2.75) is 32.0 Å². The number of hydrogen-bond acceptors (Lipinski definition) is 5. The smallest absolute Gasteiger partial charge is 0.243 e. The van der Waals surface area contributed by atoms with E-state index >= 15 is 0 Å². The van der Waals surface area contributed by atoms with Crippen molar-refractivity contribution in [3.05, 3.63) is 83.1 Å². The Hall–Kier alpha value is -4.04. The summed E-state index contributed by atoms with van der Waals surface area (Å²) in [5.74, 6) is -2.50. The van der Waals surface area contributed by atoms with E-state index in [0.717, 1.165) is 16.7 Å². The molecule has 176 valence electrons. The molecule has 1 saturated heterocycles. The van der Waals surface area contributed by atoms with Gasteiger partial charge in [-0.25, -0.2) is 9.13 Å². The fourth-order valence-electron chi connectivity index (χ4n) is 5.73. The zero-order valence-electron chi connectivity index (χ0n) is 19.3. The Morgan fingerprint density at radius 1 is 1.14 bits per heavy atom. The van der Waals surface area contributed by atoms with Crippen LogP contribution in [-0.4, -0.2) is 44.4 Å². The van der Waals surface area contributed by atoms with Gasteiger partial charge in [0.05, 0.1) is 36.8 Å². The van der Waals surface area contributed by atoms with Crippen LogP contribution < -0.4 is 9.67 Å². The summed E-state index contributed by atoms with van der Waals surface area (Å²) in [7, 11) is 1.95. The summed E-state index contributed by atoms with van der Waals surface area (Å²) in [6.07, 6.45) is 5.34. The molecule has 3 heterocycles. The molecule has 0 radical (unpaired) electrons. The highest BCUT2D eigenvalue weighted by molar-refractivity contribution is 6.22. The third-order valence-corrected chi connectivity index (χ3v) is 7.34. The number of imidazole rings is 1. The molecular formula is C27H23N3O5. The summed E-state index contributed by atoms with van der Waals surface area (Å²) in [4.78, 5) is 38.9. The van der Waals surface area contributed by atoms with E-state index < -0.39 is 29.9 Å². The first-order valence-electron chi connectivity index (χ1n) is 11.5. The van der Waals surface area contributed by atoms with Gasteiger partial charge in [-0.2, -0.15) is 0 Å². The van der Waals surface area contributed by atoms with Crippen molar-refractivity contribution in [1.82, 2.24) is 9.47 Å². The van der Waals surface area contributed by atoms with Crippen LogP contribution in [0.3, 0.4) is 0 Å². The van der Waals surface area contributed by atoms with Crippen molar-refractivity contribution < 1.29 is 29.2 Å². The molecule has 0 bridgehead atoms. The molecule has 1 unspecified atom stereocenters. The van der Waals surface area contributed by atoms with E-state index in [9.17, 15) is 24.6 Å². The van der Waals surface area contributed by atoms with E-state index in [4.69, 9.17) is 0 Å². The Bertz CT molecular complexity index is 1480. The molecule has 1 aliphatic carbocycles. The third kappa shape index (κ3) is 3.10. The number of aryl methyl sites for hydroxylation is 1. The molecular weight excluding hydrogens is 446 g/mol. The lowest BCUT2D eigenvalue weighted by Crippen LogP contribution is -2.62. The lowest BCUT2D eigenvalue weighted by Gasteiger charge is -2.45. The number of aliphatic hydroxyl groups excluding tert-OH is 1. The standard InChI is InChI=1S/C27H23N3O5/c1-14(31)23-22-11-19(24(27(34)35)30(22)26(23)33)16-4-6-18-20(10-16)17-5-3-15(9-21(17)25(18)32)12-29-8-7-28(2)13-29/h3-10,13-14,22-23,31H,11-12H2,1-2H3/t14-,22-,23?/m1/s1. The molecule has 3 aromatic rings. The minimum absolute atomic E-state index is 0.0600. The van der Waals surface area contributed by atoms with Crippen molar-refractivity contribution in [2.24, 2.45) is 13.0 Å². The van der Waals surface area contributed by atoms with Crippen molar-refractivity contribution in [3.63, 3.8) is 0 Å². The average molecular weight is 469 g/mol. The van der Waals surface area contributed by atoms with Gasteiger partial charge in [0, 0.05) is 11.1 Å². The minimum Gasteiger partial charge on any atom is -0.543 e. The first-order chi connectivity index (χ1) is 16.7. The number of aromatic nitrogens is 2. The van der Waals surface area contributed by atoms with E-state index in [2.05, 4.69) is 0 Å². The topological polar surface area (TPSA) is 107 Å². The second kappa shape index (κ2) is 7.48. The molecule has 1 amide bonds. The SMILES string of the molecule is C[C@@H](O)C1C(=O)N2C(C(=O)[O-])=C(c3ccc4c(c3)-c3ccc(Cn5cc[n+](C)c5)cc3C4=O)C[C@H]12. The fourth-order valence-corrected chi connectivity index (χ4v) is 5.73. The Labute approximate surface area is 201 Å². The number of rotatable bonds is 5. The number of fused-ring (bicyclic) bond motifs is 4. The molecule has 2 aliphatic heterocycles. The lowest BCUT2D eigenvalue weighted by molar-refractivity contribution is -0.671. The van der Waals surface area contributed by atoms with Gasteiger partial charge < -0.3 is 19.9 Å². The maximum absolute atomic E-state index is 13.2. The van der Waals surface area contributed by atoms with Gasteiger partial charge in [-0.3, -0.25) is 9.59 Å². The van der Waals surface area contributed by atoms with Gasteiger partial charge in [-0.1, -0.05) is 18.2 Å². The van der Waals surface area contributed by atoms with E-state index in [-0.39, 0.29) is 11.5 Å². The predicted octanol–water partition coefficient (Wildman–Crippen LogP) is 0.645. The summed E-state index contributed by atoms with van der Waals surface area (Å²) < 4.78 is 3.99. The van der Waals surface area contributed by atoms with Crippen LogP contribution >= 0.6 is 0 Å². The maximum atomic E-state index is 13.2. The molecule has 1 N–H and O–H groups in total. The molecule has 8 heteroatoms. The van der Waals surface area contributed by atoms with Crippen molar-refractivity contribution in [2.75, 3.05) is 0 Å². The Morgan fingerprint density at radius 3 is 2.60 bits per heavy atom. The van der Waals surface area contributed by atoms with Crippen LogP contribution in [0.25, 0.3) is 16.7 Å². The van der Waals surface area contributed by atoms with Gasteiger partial charge in [-0.05, 0) is 59.4 Å². The highest BCUT2D eigenvalue weighted by Gasteiger charge is 2.55. The van der Waals surface area contributed by atoms with Gasteiger partial charge in [0.2, 0.25) is 12.2 Å². The summed E-state index contributed by atoms with van der Waals surface area (Å²) in [5.41, 5.74) is 4.75. The number of ketones is 1. The van der Waals surface area contributed by atoms with E-state index in [1.54, 1.807) is 19.1 Å².